The van der Waals surface area contributed by atoms with E-state index < -0.39 is 0 Å². The van der Waals surface area contributed by atoms with Gasteiger partial charge in [0.05, 0.1) is 5.69 Å². The Morgan fingerprint density at radius 3 is 2.81 bits per heavy atom. The highest BCUT2D eigenvalue weighted by atomic mass is 16.3. The number of fused-ring (bicyclic) bond motifs is 1. The van der Waals surface area contributed by atoms with E-state index in [9.17, 15) is 5.11 Å². The summed E-state index contributed by atoms with van der Waals surface area (Å²) >= 11 is 0. The predicted molar refractivity (Wildman–Crippen MR) is 84.7 cm³/mol. The standard InChI is InChI=1S/C17H18N2O2/c1-3-4-14-13(6-8-17(18-2)19-14)16-10-11-9-12(20)5-7-15(11)21-16/h5-10,20H,3-4H2,1-2H3,(H,18,19). The normalized spacial score (nSPS) is 11.0. The summed E-state index contributed by atoms with van der Waals surface area (Å²) in [6, 6.07) is 11.0. The maximum absolute atomic E-state index is 9.55. The monoisotopic (exact) mass is 282 g/mol. The van der Waals surface area contributed by atoms with Crippen LogP contribution in [0.4, 0.5) is 5.82 Å². The molecule has 0 atom stereocenters. The third-order valence-corrected chi connectivity index (χ3v) is 3.48. The lowest BCUT2D eigenvalue weighted by atomic mass is 10.1. The zero-order chi connectivity index (χ0) is 14.8. The number of aromatic nitrogens is 1. The molecule has 0 aliphatic carbocycles. The first-order chi connectivity index (χ1) is 10.2. The zero-order valence-electron chi connectivity index (χ0n) is 12.2. The molecular weight excluding hydrogens is 264 g/mol. The topological polar surface area (TPSA) is 58.3 Å². The molecule has 21 heavy (non-hydrogen) atoms. The van der Waals surface area contributed by atoms with Crippen LogP contribution in [-0.2, 0) is 6.42 Å². The van der Waals surface area contributed by atoms with Gasteiger partial charge < -0.3 is 14.8 Å². The number of aryl methyl sites for hydroxylation is 1. The number of pyridine rings is 1. The van der Waals surface area contributed by atoms with E-state index in [0.29, 0.717) is 0 Å². The van der Waals surface area contributed by atoms with Crippen molar-refractivity contribution in [2.24, 2.45) is 0 Å². The molecule has 1 aromatic carbocycles. The number of phenolic OH excluding ortho intramolecular Hbond substituents is 1. The summed E-state index contributed by atoms with van der Waals surface area (Å²) in [6.45, 7) is 2.13. The fraction of sp³-hybridized carbons (Fsp3) is 0.235. The SMILES string of the molecule is CCCc1nc(NC)ccc1-c1cc2cc(O)ccc2o1. The molecule has 4 heteroatoms. The van der Waals surface area contributed by atoms with E-state index >= 15 is 0 Å². The van der Waals surface area contributed by atoms with Crippen molar-refractivity contribution in [3.63, 3.8) is 0 Å². The second-order valence-corrected chi connectivity index (χ2v) is 5.02. The van der Waals surface area contributed by atoms with E-state index in [1.54, 1.807) is 18.2 Å². The van der Waals surface area contributed by atoms with Gasteiger partial charge in [0.2, 0.25) is 0 Å². The number of rotatable bonds is 4. The molecule has 3 aromatic rings. The number of benzene rings is 1. The van der Waals surface area contributed by atoms with Gasteiger partial charge in [-0.1, -0.05) is 13.3 Å². The van der Waals surface area contributed by atoms with Crippen LogP contribution in [0.2, 0.25) is 0 Å². The van der Waals surface area contributed by atoms with Crippen LogP contribution < -0.4 is 5.32 Å². The Morgan fingerprint density at radius 2 is 2.05 bits per heavy atom. The highest BCUT2D eigenvalue weighted by Gasteiger charge is 2.12. The second kappa shape index (κ2) is 5.48. The van der Waals surface area contributed by atoms with Gasteiger partial charge in [-0.2, -0.15) is 0 Å². The van der Waals surface area contributed by atoms with Crippen molar-refractivity contribution >= 4 is 16.8 Å². The van der Waals surface area contributed by atoms with Crippen molar-refractivity contribution in [3.8, 4) is 17.1 Å². The van der Waals surface area contributed by atoms with Gasteiger partial charge in [-0.15, -0.1) is 0 Å². The summed E-state index contributed by atoms with van der Waals surface area (Å²) in [7, 11) is 1.86. The summed E-state index contributed by atoms with van der Waals surface area (Å²) < 4.78 is 5.90. The molecule has 2 N–H and O–H groups in total. The van der Waals surface area contributed by atoms with Crippen molar-refractivity contribution in [1.29, 1.82) is 0 Å². The van der Waals surface area contributed by atoms with Crippen molar-refractivity contribution in [1.82, 2.24) is 4.98 Å². The van der Waals surface area contributed by atoms with Gasteiger partial charge in [0.25, 0.3) is 0 Å². The van der Waals surface area contributed by atoms with Crippen LogP contribution in [0.15, 0.2) is 40.8 Å². The first kappa shape index (κ1) is 13.5. The van der Waals surface area contributed by atoms with Crippen LogP contribution in [0.5, 0.6) is 5.75 Å². The van der Waals surface area contributed by atoms with Crippen LogP contribution >= 0.6 is 0 Å². The molecule has 0 aliphatic heterocycles. The largest absolute Gasteiger partial charge is 0.508 e. The molecule has 0 unspecified atom stereocenters. The first-order valence-corrected chi connectivity index (χ1v) is 7.12. The van der Waals surface area contributed by atoms with Gasteiger partial charge in [0.15, 0.2) is 0 Å². The summed E-state index contributed by atoms with van der Waals surface area (Å²) in [5, 5.41) is 13.5. The summed E-state index contributed by atoms with van der Waals surface area (Å²) in [6.07, 6.45) is 1.92. The fourth-order valence-corrected chi connectivity index (χ4v) is 2.46. The zero-order valence-corrected chi connectivity index (χ0v) is 12.2. The number of phenols is 1. The minimum atomic E-state index is 0.243. The predicted octanol–water partition coefficient (Wildman–Crippen LogP) is 4.19. The molecule has 2 aromatic heterocycles. The minimum absolute atomic E-state index is 0.243. The van der Waals surface area contributed by atoms with Crippen LogP contribution in [-0.4, -0.2) is 17.1 Å². The van der Waals surface area contributed by atoms with Crippen molar-refractivity contribution in [2.75, 3.05) is 12.4 Å². The summed E-state index contributed by atoms with van der Waals surface area (Å²) in [4.78, 5) is 4.62. The number of nitrogens with zero attached hydrogens (tertiary/aromatic N) is 1. The summed E-state index contributed by atoms with van der Waals surface area (Å²) in [5.41, 5.74) is 2.79. The van der Waals surface area contributed by atoms with Crippen molar-refractivity contribution in [2.45, 2.75) is 19.8 Å². The molecule has 0 spiro atoms. The lowest BCUT2D eigenvalue weighted by molar-refractivity contribution is 0.476. The van der Waals surface area contributed by atoms with Gasteiger partial charge in [-0.05, 0) is 42.8 Å². The van der Waals surface area contributed by atoms with Crippen LogP contribution in [0.25, 0.3) is 22.3 Å². The average Bonchev–Trinajstić information content (AvgIpc) is 2.90. The molecule has 0 bridgehead atoms. The molecule has 0 radical (unpaired) electrons. The Bertz CT molecular complexity index is 778. The molecule has 4 nitrogen and oxygen atoms in total. The highest BCUT2D eigenvalue weighted by Crippen LogP contribution is 2.32. The van der Waals surface area contributed by atoms with Gasteiger partial charge >= 0.3 is 0 Å². The number of hydrogen-bond donors (Lipinski definition) is 2. The van der Waals surface area contributed by atoms with Crippen LogP contribution in [0.1, 0.15) is 19.0 Å². The van der Waals surface area contributed by atoms with Gasteiger partial charge in [-0.3, -0.25) is 0 Å². The number of furan rings is 1. The number of aromatic hydroxyl groups is 1. The van der Waals surface area contributed by atoms with Crippen LogP contribution in [0, 0.1) is 0 Å². The Balaban J connectivity index is 2.12. The first-order valence-electron chi connectivity index (χ1n) is 7.12. The number of nitrogens with one attached hydrogen (secondary N) is 1. The quantitative estimate of drug-likeness (QED) is 0.753. The second-order valence-electron chi connectivity index (χ2n) is 5.02. The molecule has 3 rings (SSSR count). The van der Waals surface area contributed by atoms with E-state index in [2.05, 4.69) is 17.2 Å². The maximum Gasteiger partial charge on any atom is 0.137 e. The highest BCUT2D eigenvalue weighted by molar-refractivity contribution is 5.84. The number of hydrogen-bond acceptors (Lipinski definition) is 4. The van der Waals surface area contributed by atoms with Gasteiger partial charge in [0.1, 0.15) is 22.9 Å². The molecular formula is C17H18N2O2. The smallest absolute Gasteiger partial charge is 0.137 e. The molecule has 108 valence electrons. The molecule has 0 aliphatic rings. The van der Waals surface area contributed by atoms with E-state index in [0.717, 1.165) is 46.6 Å². The van der Waals surface area contributed by atoms with Gasteiger partial charge in [-0.25, -0.2) is 4.98 Å². The minimum Gasteiger partial charge on any atom is -0.508 e. The van der Waals surface area contributed by atoms with E-state index in [1.807, 2.05) is 25.2 Å². The Morgan fingerprint density at radius 1 is 1.19 bits per heavy atom. The maximum atomic E-state index is 9.55. The van der Waals surface area contributed by atoms with E-state index in [-0.39, 0.29) is 5.75 Å². The molecule has 0 saturated carbocycles. The molecule has 0 amide bonds. The van der Waals surface area contributed by atoms with Gasteiger partial charge in [0, 0.05) is 18.0 Å². The number of anilines is 1. The van der Waals surface area contributed by atoms with Crippen LogP contribution in [0.3, 0.4) is 0 Å². The Labute approximate surface area is 123 Å². The third kappa shape index (κ3) is 2.57. The van der Waals surface area contributed by atoms with E-state index in [1.165, 1.54) is 0 Å². The third-order valence-electron chi connectivity index (χ3n) is 3.48. The van der Waals surface area contributed by atoms with E-state index in [4.69, 9.17) is 4.42 Å². The molecule has 0 fully saturated rings. The lowest BCUT2D eigenvalue weighted by Gasteiger charge is -2.08. The molecule has 2 heterocycles. The van der Waals surface area contributed by atoms with Crippen molar-refractivity contribution in [3.05, 3.63) is 42.1 Å². The fourth-order valence-electron chi connectivity index (χ4n) is 2.46. The summed E-state index contributed by atoms with van der Waals surface area (Å²) in [5.74, 6) is 1.89. The average molecular weight is 282 g/mol. The van der Waals surface area contributed by atoms with Crippen molar-refractivity contribution < 1.29 is 9.52 Å². The molecule has 0 saturated heterocycles. The Kier molecular flexibility index (Phi) is 3.52. The Hall–Kier alpha value is -2.49. The lowest BCUT2D eigenvalue weighted by Crippen LogP contribution is -1.98.